The Balaban J connectivity index is 1.75. The van der Waals surface area contributed by atoms with Crippen LogP contribution in [0.5, 0.6) is 5.75 Å². The van der Waals surface area contributed by atoms with Crippen molar-refractivity contribution in [1.82, 2.24) is 4.90 Å². The van der Waals surface area contributed by atoms with Crippen LogP contribution in [-0.2, 0) is 11.3 Å². The zero-order chi connectivity index (χ0) is 14.1. The number of rotatable bonds is 4. The number of hydrogen-bond donors (Lipinski definition) is 2. The molecule has 0 unspecified atom stereocenters. The molecule has 0 aromatic heterocycles. The largest absolute Gasteiger partial charge is 0.508 e. The monoisotopic (exact) mass is 271 g/mol. The van der Waals surface area contributed by atoms with Crippen LogP contribution < -0.4 is 0 Å². The topological polar surface area (TPSA) is 60.8 Å². The van der Waals surface area contributed by atoms with E-state index in [1.807, 2.05) is 30.3 Å². The highest BCUT2D eigenvalue weighted by molar-refractivity contribution is 5.87. The number of phenolic OH excluding ortho intramolecular Hbond substituents is 1. The molecule has 20 heavy (non-hydrogen) atoms. The number of carboxylic acids is 1. The zero-order valence-electron chi connectivity index (χ0n) is 11.1. The first-order valence-corrected chi connectivity index (χ1v) is 6.77. The molecule has 1 saturated heterocycles. The van der Waals surface area contributed by atoms with Crippen molar-refractivity contribution in [3.63, 3.8) is 0 Å². The minimum absolute atomic E-state index is 0.234. The lowest BCUT2D eigenvalue weighted by Crippen LogP contribution is -2.46. The van der Waals surface area contributed by atoms with Gasteiger partial charge in [0.2, 0.25) is 0 Å². The molecule has 2 aromatic carbocycles. The molecule has 0 spiro atoms. The number of aromatic hydroxyl groups is 1. The molecule has 0 amide bonds. The molecule has 0 saturated carbocycles. The fraction of sp³-hybridized carbons (Fsp3) is 0.312. The maximum Gasteiger partial charge on any atom is 0.303 e. The summed E-state index contributed by atoms with van der Waals surface area (Å²) in [6, 6.07) is 11.6. The van der Waals surface area contributed by atoms with Gasteiger partial charge in [0.1, 0.15) is 5.75 Å². The average Bonchev–Trinajstić information content (AvgIpc) is 2.38. The van der Waals surface area contributed by atoms with Crippen LogP contribution in [0, 0.1) is 5.92 Å². The Morgan fingerprint density at radius 3 is 2.70 bits per heavy atom. The summed E-state index contributed by atoms with van der Waals surface area (Å²) in [5.41, 5.74) is 0.928. The molecule has 1 fully saturated rings. The molecule has 1 heterocycles. The van der Waals surface area contributed by atoms with E-state index in [0.29, 0.717) is 12.3 Å². The smallest absolute Gasteiger partial charge is 0.303 e. The van der Waals surface area contributed by atoms with Gasteiger partial charge in [0, 0.05) is 25.2 Å². The summed E-state index contributed by atoms with van der Waals surface area (Å²) in [5.74, 6) is -0.183. The molecule has 0 bridgehead atoms. The van der Waals surface area contributed by atoms with Crippen molar-refractivity contribution in [2.75, 3.05) is 13.1 Å². The second-order valence-corrected chi connectivity index (χ2v) is 5.44. The highest BCUT2D eigenvalue weighted by Crippen LogP contribution is 2.30. The van der Waals surface area contributed by atoms with Gasteiger partial charge in [-0.3, -0.25) is 9.69 Å². The van der Waals surface area contributed by atoms with Crippen LogP contribution in [0.3, 0.4) is 0 Å². The summed E-state index contributed by atoms with van der Waals surface area (Å²) in [5, 5.41) is 21.0. The van der Waals surface area contributed by atoms with E-state index in [0.717, 1.165) is 29.4 Å². The summed E-state index contributed by atoms with van der Waals surface area (Å²) >= 11 is 0. The lowest BCUT2D eigenvalue weighted by molar-refractivity contribution is -0.139. The van der Waals surface area contributed by atoms with Crippen LogP contribution in [0.1, 0.15) is 12.0 Å². The molecule has 4 heteroatoms. The highest BCUT2D eigenvalue weighted by atomic mass is 16.4. The lowest BCUT2D eigenvalue weighted by Gasteiger charge is -2.38. The quantitative estimate of drug-likeness (QED) is 0.896. The van der Waals surface area contributed by atoms with Crippen LogP contribution in [0.2, 0.25) is 0 Å². The lowest BCUT2D eigenvalue weighted by atomic mass is 9.94. The number of hydrogen-bond acceptors (Lipinski definition) is 3. The number of aliphatic carboxylic acids is 1. The Labute approximate surface area is 117 Å². The molecule has 0 atom stereocenters. The molecule has 2 N–H and O–H groups in total. The SMILES string of the molecule is O=C(O)CC1CN(Cc2c(O)ccc3ccccc23)C1. The normalized spacial score (nSPS) is 16.2. The number of carbonyl (C=O) groups is 1. The zero-order valence-corrected chi connectivity index (χ0v) is 11.1. The Hall–Kier alpha value is -2.07. The Kier molecular flexibility index (Phi) is 3.32. The third-order valence-electron chi connectivity index (χ3n) is 3.89. The van der Waals surface area contributed by atoms with Crippen molar-refractivity contribution in [3.05, 3.63) is 42.0 Å². The molecule has 3 rings (SSSR count). The first-order chi connectivity index (χ1) is 9.63. The van der Waals surface area contributed by atoms with Crippen LogP contribution in [0.25, 0.3) is 10.8 Å². The molecule has 1 aliphatic heterocycles. The maximum atomic E-state index is 10.6. The number of benzene rings is 2. The molecule has 0 radical (unpaired) electrons. The van der Waals surface area contributed by atoms with Gasteiger partial charge in [-0.1, -0.05) is 30.3 Å². The van der Waals surface area contributed by atoms with E-state index in [1.165, 1.54) is 0 Å². The summed E-state index contributed by atoms with van der Waals surface area (Å²) in [7, 11) is 0. The van der Waals surface area contributed by atoms with Crippen molar-refractivity contribution in [2.45, 2.75) is 13.0 Å². The predicted octanol–water partition coefficient (Wildman–Crippen LogP) is 2.45. The molecular weight excluding hydrogens is 254 g/mol. The number of likely N-dealkylation sites (tertiary alicyclic amines) is 1. The highest BCUT2D eigenvalue weighted by Gasteiger charge is 2.29. The number of fused-ring (bicyclic) bond motifs is 1. The first-order valence-electron chi connectivity index (χ1n) is 6.77. The van der Waals surface area contributed by atoms with E-state index in [1.54, 1.807) is 6.07 Å². The standard InChI is InChI=1S/C16H17NO3/c18-15-6-5-12-3-1-2-4-13(12)14(15)10-17-8-11(9-17)7-16(19)20/h1-6,11,18H,7-10H2,(H,19,20). The van der Waals surface area contributed by atoms with Crippen molar-refractivity contribution >= 4 is 16.7 Å². The van der Waals surface area contributed by atoms with Gasteiger partial charge in [0.05, 0.1) is 6.42 Å². The Bertz CT molecular complexity index is 647. The third kappa shape index (κ3) is 2.47. The van der Waals surface area contributed by atoms with Gasteiger partial charge in [0.25, 0.3) is 0 Å². The molecule has 4 nitrogen and oxygen atoms in total. The first kappa shape index (κ1) is 12.9. The molecular formula is C16H17NO3. The summed E-state index contributed by atoms with van der Waals surface area (Å²) in [6.45, 7) is 2.24. The minimum Gasteiger partial charge on any atom is -0.508 e. The van der Waals surface area contributed by atoms with E-state index in [2.05, 4.69) is 4.90 Å². The minimum atomic E-state index is -0.734. The van der Waals surface area contributed by atoms with E-state index in [4.69, 9.17) is 5.11 Å². The molecule has 2 aromatic rings. The summed E-state index contributed by atoms with van der Waals surface area (Å²) < 4.78 is 0. The van der Waals surface area contributed by atoms with E-state index < -0.39 is 5.97 Å². The summed E-state index contributed by atoms with van der Waals surface area (Å²) in [4.78, 5) is 12.8. The fourth-order valence-corrected chi connectivity index (χ4v) is 2.90. The van der Waals surface area contributed by atoms with Crippen LogP contribution >= 0.6 is 0 Å². The Morgan fingerprint density at radius 1 is 1.20 bits per heavy atom. The number of phenols is 1. The summed E-state index contributed by atoms with van der Waals surface area (Å²) in [6.07, 6.45) is 0.234. The van der Waals surface area contributed by atoms with E-state index in [-0.39, 0.29) is 12.3 Å². The maximum absolute atomic E-state index is 10.6. The second-order valence-electron chi connectivity index (χ2n) is 5.44. The van der Waals surface area contributed by atoms with Crippen LogP contribution in [-0.4, -0.2) is 34.2 Å². The van der Waals surface area contributed by atoms with Crippen molar-refractivity contribution in [3.8, 4) is 5.75 Å². The van der Waals surface area contributed by atoms with Gasteiger partial charge in [-0.25, -0.2) is 0 Å². The molecule has 104 valence electrons. The van der Waals surface area contributed by atoms with Gasteiger partial charge in [-0.15, -0.1) is 0 Å². The fourth-order valence-electron chi connectivity index (χ4n) is 2.90. The van der Waals surface area contributed by atoms with E-state index in [9.17, 15) is 9.90 Å². The van der Waals surface area contributed by atoms with Crippen LogP contribution in [0.15, 0.2) is 36.4 Å². The second kappa shape index (κ2) is 5.13. The molecule has 0 aliphatic carbocycles. The van der Waals surface area contributed by atoms with Gasteiger partial charge in [-0.05, 0) is 22.8 Å². The Morgan fingerprint density at radius 2 is 1.95 bits per heavy atom. The van der Waals surface area contributed by atoms with E-state index >= 15 is 0 Å². The van der Waals surface area contributed by atoms with Gasteiger partial charge in [-0.2, -0.15) is 0 Å². The van der Waals surface area contributed by atoms with Crippen molar-refractivity contribution in [2.24, 2.45) is 5.92 Å². The number of nitrogens with zero attached hydrogens (tertiary/aromatic N) is 1. The molecule has 1 aliphatic rings. The van der Waals surface area contributed by atoms with Crippen LogP contribution in [0.4, 0.5) is 0 Å². The van der Waals surface area contributed by atoms with Gasteiger partial charge in [0.15, 0.2) is 0 Å². The van der Waals surface area contributed by atoms with Crippen molar-refractivity contribution in [1.29, 1.82) is 0 Å². The predicted molar refractivity (Wildman–Crippen MR) is 76.6 cm³/mol. The van der Waals surface area contributed by atoms with Crippen molar-refractivity contribution < 1.29 is 15.0 Å². The van der Waals surface area contributed by atoms with Gasteiger partial charge < -0.3 is 10.2 Å². The average molecular weight is 271 g/mol. The van der Waals surface area contributed by atoms with Gasteiger partial charge >= 0.3 is 5.97 Å². The number of carboxylic acid groups (broad SMARTS) is 1. The third-order valence-corrected chi connectivity index (χ3v) is 3.89.